The van der Waals surface area contributed by atoms with Crippen LogP contribution >= 0.6 is 11.6 Å². The van der Waals surface area contributed by atoms with E-state index in [9.17, 15) is 0 Å². The summed E-state index contributed by atoms with van der Waals surface area (Å²) >= 11 is 5.90. The molecule has 0 radical (unpaired) electrons. The zero-order valence-corrected chi connectivity index (χ0v) is 11.5. The lowest BCUT2D eigenvalue weighted by Gasteiger charge is -2.08. The van der Waals surface area contributed by atoms with E-state index in [2.05, 4.69) is 25.3 Å². The van der Waals surface area contributed by atoms with Gasteiger partial charge in [0.05, 0.1) is 12.5 Å². The number of halogens is 1. The second-order valence-corrected chi connectivity index (χ2v) is 4.48. The van der Waals surface area contributed by atoms with Crippen molar-refractivity contribution in [3.8, 4) is 5.88 Å². The van der Waals surface area contributed by atoms with Gasteiger partial charge in [0.1, 0.15) is 11.5 Å². The van der Waals surface area contributed by atoms with Crippen LogP contribution in [0.4, 0.5) is 5.82 Å². The topological polar surface area (TPSA) is 75.7 Å². The van der Waals surface area contributed by atoms with Crippen molar-refractivity contribution < 1.29 is 4.74 Å². The normalized spacial score (nSPS) is 10.7. The molecule has 0 unspecified atom stereocenters. The molecule has 3 rings (SSSR count). The highest BCUT2D eigenvalue weighted by molar-refractivity contribution is 6.28. The number of H-pyrrole nitrogens is 1. The highest BCUT2D eigenvalue weighted by Crippen LogP contribution is 2.21. The molecule has 0 aromatic carbocycles. The Balaban J connectivity index is 1.84. The van der Waals surface area contributed by atoms with Crippen molar-refractivity contribution in [1.29, 1.82) is 0 Å². The fraction of sp³-hybridized carbons (Fsp3) is 0.154. The Labute approximate surface area is 120 Å². The first kappa shape index (κ1) is 12.7. The standard InChI is InChI=1S/C13H12ClN5O/c1-20-10-6-8(2-4-15-10)7-17-12-9-3-5-16-11(9)18-13(14)19-12/h2-6H,7H2,1H3,(H2,16,17,18,19). The van der Waals surface area contributed by atoms with E-state index in [1.807, 2.05) is 18.2 Å². The summed E-state index contributed by atoms with van der Waals surface area (Å²) in [4.78, 5) is 15.4. The zero-order valence-electron chi connectivity index (χ0n) is 10.7. The maximum atomic E-state index is 5.90. The number of methoxy groups -OCH3 is 1. The fourth-order valence-corrected chi connectivity index (χ4v) is 2.08. The van der Waals surface area contributed by atoms with Gasteiger partial charge < -0.3 is 15.0 Å². The summed E-state index contributed by atoms with van der Waals surface area (Å²) < 4.78 is 5.09. The van der Waals surface area contributed by atoms with E-state index in [0.717, 1.165) is 10.9 Å². The largest absolute Gasteiger partial charge is 0.481 e. The van der Waals surface area contributed by atoms with Crippen LogP contribution in [-0.2, 0) is 6.54 Å². The molecule has 20 heavy (non-hydrogen) atoms. The molecule has 0 aliphatic rings. The Morgan fingerprint density at radius 2 is 2.25 bits per heavy atom. The maximum absolute atomic E-state index is 5.90. The van der Waals surface area contributed by atoms with Crippen LogP contribution in [0.15, 0.2) is 30.6 Å². The molecule has 7 heteroatoms. The SMILES string of the molecule is COc1cc(CNc2nc(Cl)nc3[nH]ccc23)ccn1. The summed E-state index contributed by atoms with van der Waals surface area (Å²) in [5.74, 6) is 1.27. The number of anilines is 1. The molecule has 0 saturated heterocycles. The molecule has 0 fully saturated rings. The van der Waals surface area contributed by atoms with Crippen molar-refractivity contribution in [3.05, 3.63) is 41.4 Å². The fourth-order valence-electron chi connectivity index (χ4n) is 1.91. The molecule has 3 heterocycles. The number of hydrogen-bond donors (Lipinski definition) is 2. The minimum absolute atomic E-state index is 0.203. The minimum Gasteiger partial charge on any atom is -0.481 e. The Morgan fingerprint density at radius 1 is 1.35 bits per heavy atom. The molecule has 102 valence electrons. The van der Waals surface area contributed by atoms with Crippen LogP contribution in [-0.4, -0.2) is 27.0 Å². The van der Waals surface area contributed by atoms with Crippen LogP contribution in [0.5, 0.6) is 5.88 Å². The zero-order chi connectivity index (χ0) is 13.9. The Bertz CT molecular complexity index is 742. The van der Waals surface area contributed by atoms with Gasteiger partial charge in [-0.15, -0.1) is 0 Å². The first-order valence-corrected chi connectivity index (χ1v) is 6.37. The molecule has 6 nitrogen and oxygen atoms in total. The lowest BCUT2D eigenvalue weighted by atomic mass is 10.2. The number of nitrogens with one attached hydrogen (secondary N) is 2. The predicted octanol–water partition coefficient (Wildman–Crippen LogP) is 2.63. The van der Waals surface area contributed by atoms with Gasteiger partial charge >= 0.3 is 0 Å². The van der Waals surface area contributed by atoms with Gasteiger partial charge in [0, 0.05) is 25.0 Å². The van der Waals surface area contributed by atoms with E-state index >= 15 is 0 Å². The van der Waals surface area contributed by atoms with Crippen LogP contribution < -0.4 is 10.1 Å². The number of aromatic nitrogens is 4. The molecule has 0 aliphatic carbocycles. The van der Waals surface area contributed by atoms with Gasteiger partial charge in [-0.2, -0.15) is 4.98 Å². The summed E-state index contributed by atoms with van der Waals surface area (Å²) in [7, 11) is 1.59. The van der Waals surface area contributed by atoms with E-state index < -0.39 is 0 Å². The second kappa shape index (κ2) is 5.34. The number of pyridine rings is 1. The molecule has 0 amide bonds. The number of ether oxygens (including phenoxy) is 1. The van der Waals surface area contributed by atoms with Crippen LogP contribution in [0.25, 0.3) is 11.0 Å². The van der Waals surface area contributed by atoms with Gasteiger partial charge in [-0.25, -0.2) is 9.97 Å². The molecule has 0 atom stereocenters. The van der Waals surface area contributed by atoms with Crippen molar-refractivity contribution in [2.24, 2.45) is 0 Å². The van der Waals surface area contributed by atoms with Crippen LogP contribution in [0.1, 0.15) is 5.56 Å². The van der Waals surface area contributed by atoms with Crippen molar-refractivity contribution in [1.82, 2.24) is 19.9 Å². The van der Waals surface area contributed by atoms with Crippen molar-refractivity contribution in [3.63, 3.8) is 0 Å². The maximum Gasteiger partial charge on any atom is 0.226 e. The summed E-state index contributed by atoms with van der Waals surface area (Å²) in [5.41, 5.74) is 1.75. The molecule has 0 spiro atoms. The number of rotatable bonds is 4. The van der Waals surface area contributed by atoms with E-state index in [1.54, 1.807) is 19.5 Å². The third-order valence-electron chi connectivity index (χ3n) is 2.86. The number of fused-ring (bicyclic) bond motifs is 1. The van der Waals surface area contributed by atoms with Gasteiger partial charge in [-0.05, 0) is 29.3 Å². The van der Waals surface area contributed by atoms with Crippen molar-refractivity contribution >= 4 is 28.5 Å². The highest BCUT2D eigenvalue weighted by atomic mass is 35.5. The lowest BCUT2D eigenvalue weighted by molar-refractivity contribution is 0.397. The highest BCUT2D eigenvalue weighted by Gasteiger charge is 2.07. The first-order valence-electron chi connectivity index (χ1n) is 5.99. The molecule has 0 aliphatic heterocycles. The van der Waals surface area contributed by atoms with Crippen molar-refractivity contribution in [2.75, 3.05) is 12.4 Å². The molecule has 0 saturated carbocycles. The molecule has 3 aromatic heterocycles. The minimum atomic E-state index is 0.203. The monoisotopic (exact) mass is 289 g/mol. The average molecular weight is 290 g/mol. The molecule has 0 bridgehead atoms. The average Bonchev–Trinajstić information content (AvgIpc) is 2.93. The molecule has 2 N–H and O–H groups in total. The summed E-state index contributed by atoms with van der Waals surface area (Å²) in [5, 5.41) is 4.35. The summed E-state index contributed by atoms with van der Waals surface area (Å²) in [6, 6.07) is 5.68. The Hall–Kier alpha value is -2.34. The Kier molecular flexibility index (Phi) is 3.39. The van der Waals surface area contributed by atoms with Crippen molar-refractivity contribution in [2.45, 2.75) is 6.54 Å². The van der Waals surface area contributed by atoms with E-state index in [0.29, 0.717) is 23.9 Å². The first-order chi connectivity index (χ1) is 9.76. The number of hydrogen-bond acceptors (Lipinski definition) is 5. The third kappa shape index (κ3) is 2.50. The lowest BCUT2D eigenvalue weighted by Crippen LogP contribution is -2.03. The number of aromatic amines is 1. The summed E-state index contributed by atoms with van der Waals surface area (Å²) in [6.45, 7) is 0.590. The Morgan fingerprint density at radius 3 is 3.10 bits per heavy atom. The van der Waals surface area contributed by atoms with Gasteiger partial charge in [0.15, 0.2) is 0 Å². The molecule has 3 aromatic rings. The molecular weight excluding hydrogens is 278 g/mol. The van der Waals surface area contributed by atoms with Gasteiger partial charge in [-0.3, -0.25) is 0 Å². The van der Waals surface area contributed by atoms with Crippen LogP contribution in [0.2, 0.25) is 5.28 Å². The predicted molar refractivity (Wildman–Crippen MR) is 77.0 cm³/mol. The third-order valence-corrected chi connectivity index (χ3v) is 3.03. The smallest absolute Gasteiger partial charge is 0.226 e. The summed E-state index contributed by atoms with van der Waals surface area (Å²) in [6.07, 6.45) is 3.50. The second-order valence-electron chi connectivity index (χ2n) is 4.14. The molecular formula is C13H12ClN5O. The van der Waals surface area contributed by atoms with Crippen LogP contribution in [0.3, 0.4) is 0 Å². The number of nitrogens with zero attached hydrogens (tertiary/aromatic N) is 3. The van der Waals surface area contributed by atoms with Gasteiger partial charge in [-0.1, -0.05) is 0 Å². The van der Waals surface area contributed by atoms with E-state index in [1.165, 1.54) is 0 Å². The van der Waals surface area contributed by atoms with E-state index in [-0.39, 0.29) is 5.28 Å². The van der Waals surface area contributed by atoms with E-state index in [4.69, 9.17) is 16.3 Å². The quantitative estimate of drug-likeness (QED) is 0.722. The van der Waals surface area contributed by atoms with Gasteiger partial charge in [0.25, 0.3) is 0 Å². The van der Waals surface area contributed by atoms with Gasteiger partial charge in [0.2, 0.25) is 11.2 Å². The van der Waals surface area contributed by atoms with Crippen LogP contribution in [0, 0.1) is 0 Å².